The van der Waals surface area contributed by atoms with Gasteiger partial charge < -0.3 is 9.47 Å². The topological polar surface area (TPSA) is 38.1 Å². The van der Waals surface area contributed by atoms with Crippen LogP contribution in [0.3, 0.4) is 0 Å². The summed E-state index contributed by atoms with van der Waals surface area (Å²) in [6.07, 6.45) is 5.21. The normalized spacial score (nSPS) is 20.2. The number of amides is 1. The van der Waals surface area contributed by atoms with Gasteiger partial charge in [0.05, 0.1) is 0 Å². The van der Waals surface area contributed by atoms with Crippen LogP contribution in [0.15, 0.2) is 24.4 Å². The zero-order chi connectivity index (χ0) is 16.7. The van der Waals surface area contributed by atoms with Crippen LogP contribution in [0.2, 0.25) is 0 Å². The van der Waals surface area contributed by atoms with Gasteiger partial charge in [0.1, 0.15) is 23.2 Å². The van der Waals surface area contributed by atoms with Crippen molar-refractivity contribution >= 4 is 5.91 Å². The van der Waals surface area contributed by atoms with Crippen LogP contribution in [-0.4, -0.2) is 33.4 Å². The van der Waals surface area contributed by atoms with E-state index in [1.54, 1.807) is 6.20 Å². The molecule has 4 rings (SSSR count). The van der Waals surface area contributed by atoms with Crippen LogP contribution in [-0.2, 0) is 13.0 Å². The Morgan fingerprint density at radius 3 is 2.79 bits per heavy atom. The van der Waals surface area contributed by atoms with Crippen molar-refractivity contribution in [2.24, 2.45) is 0 Å². The summed E-state index contributed by atoms with van der Waals surface area (Å²) in [6, 6.07) is 3.59. The Morgan fingerprint density at radius 1 is 1.21 bits per heavy atom. The molecule has 2 aromatic rings. The van der Waals surface area contributed by atoms with E-state index in [1.165, 1.54) is 12.1 Å². The molecule has 1 saturated heterocycles. The average Bonchev–Trinajstić information content (AvgIpc) is 3.25. The lowest BCUT2D eigenvalue weighted by molar-refractivity contribution is 0.0787. The summed E-state index contributed by atoms with van der Waals surface area (Å²) < 4.78 is 29.4. The molecular weight excluding hydrogens is 312 g/mol. The van der Waals surface area contributed by atoms with E-state index in [4.69, 9.17) is 0 Å². The second-order valence-corrected chi connectivity index (χ2v) is 6.60. The van der Waals surface area contributed by atoms with Gasteiger partial charge in [0.25, 0.3) is 5.91 Å². The maximum absolute atomic E-state index is 14.0. The minimum Gasteiger partial charge on any atom is -0.337 e. The van der Waals surface area contributed by atoms with Crippen molar-refractivity contribution in [1.82, 2.24) is 14.5 Å². The van der Waals surface area contributed by atoms with Crippen LogP contribution in [0, 0.1) is 11.6 Å². The number of rotatable bonds is 2. The summed E-state index contributed by atoms with van der Waals surface area (Å²) in [5.74, 6) is -0.0725. The maximum atomic E-state index is 14.0. The number of aryl methyl sites for hydroxylation is 1. The van der Waals surface area contributed by atoms with E-state index in [-0.39, 0.29) is 17.6 Å². The van der Waals surface area contributed by atoms with Crippen molar-refractivity contribution < 1.29 is 13.6 Å². The maximum Gasteiger partial charge on any atom is 0.274 e. The second kappa shape index (κ2) is 6.00. The third-order valence-corrected chi connectivity index (χ3v) is 5.00. The van der Waals surface area contributed by atoms with Crippen LogP contribution in [0.5, 0.6) is 0 Å². The standard InChI is InChI=1S/C18H19F2N3O/c19-13-4-5-15(20)14(9-13)12-3-6-17-21-16(11-23(17)10-12)18(24)22-7-1-2-8-22/h4-5,9,11-12H,1-3,6-8,10H2. The van der Waals surface area contributed by atoms with Gasteiger partial charge in [-0.05, 0) is 43.0 Å². The number of likely N-dealkylation sites (tertiary alicyclic amines) is 1. The Bertz CT molecular complexity index is 781. The molecule has 3 heterocycles. The van der Waals surface area contributed by atoms with Gasteiger partial charge in [-0.15, -0.1) is 0 Å². The number of imidazole rings is 1. The van der Waals surface area contributed by atoms with Crippen LogP contribution >= 0.6 is 0 Å². The first-order chi connectivity index (χ1) is 11.6. The predicted octanol–water partition coefficient (Wildman–Crippen LogP) is 3.13. The molecule has 1 aromatic carbocycles. The SMILES string of the molecule is O=C(c1cn2c(n1)CCC(c1cc(F)ccc1F)C2)N1CCCC1. The summed E-state index contributed by atoms with van der Waals surface area (Å²) in [5.41, 5.74) is 0.869. The molecule has 1 fully saturated rings. The second-order valence-electron chi connectivity index (χ2n) is 6.60. The molecule has 0 spiro atoms. The Hall–Kier alpha value is -2.24. The van der Waals surface area contributed by atoms with Crippen molar-refractivity contribution in [1.29, 1.82) is 0 Å². The third kappa shape index (κ3) is 2.70. The fraction of sp³-hybridized carbons (Fsp3) is 0.444. The van der Waals surface area contributed by atoms with Crippen molar-refractivity contribution in [3.05, 3.63) is 53.1 Å². The minimum absolute atomic E-state index is 0.0251. The number of benzene rings is 1. The molecule has 1 amide bonds. The number of carbonyl (C=O) groups excluding carboxylic acids is 1. The van der Waals surface area contributed by atoms with E-state index in [0.29, 0.717) is 30.6 Å². The number of aromatic nitrogens is 2. The quantitative estimate of drug-likeness (QED) is 0.848. The number of hydrogen-bond acceptors (Lipinski definition) is 2. The van der Waals surface area contributed by atoms with Crippen molar-refractivity contribution in [3.8, 4) is 0 Å². The Labute approximate surface area is 139 Å². The van der Waals surface area contributed by atoms with E-state index < -0.39 is 5.82 Å². The molecule has 2 aliphatic rings. The van der Waals surface area contributed by atoms with Crippen molar-refractivity contribution in [3.63, 3.8) is 0 Å². The minimum atomic E-state index is -0.423. The Morgan fingerprint density at radius 2 is 2.00 bits per heavy atom. The molecule has 0 N–H and O–H groups in total. The first-order valence-corrected chi connectivity index (χ1v) is 8.42. The van der Waals surface area contributed by atoms with Gasteiger partial charge in [-0.2, -0.15) is 0 Å². The summed E-state index contributed by atoms with van der Waals surface area (Å²) in [5, 5.41) is 0. The van der Waals surface area contributed by atoms with E-state index in [0.717, 1.165) is 37.8 Å². The van der Waals surface area contributed by atoms with Crippen LogP contribution < -0.4 is 0 Å². The number of nitrogens with zero attached hydrogens (tertiary/aromatic N) is 3. The van der Waals surface area contributed by atoms with Crippen LogP contribution in [0.4, 0.5) is 8.78 Å². The molecule has 2 aliphatic heterocycles. The molecule has 1 unspecified atom stereocenters. The molecule has 0 bridgehead atoms. The predicted molar refractivity (Wildman–Crippen MR) is 84.8 cm³/mol. The number of carbonyl (C=O) groups is 1. The Balaban J connectivity index is 1.57. The van der Waals surface area contributed by atoms with E-state index in [9.17, 15) is 13.6 Å². The van der Waals surface area contributed by atoms with Crippen LogP contribution in [0.25, 0.3) is 0 Å². The lowest BCUT2D eigenvalue weighted by Crippen LogP contribution is -2.27. The number of halogens is 2. The fourth-order valence-electron chi connectivity index (χ4n) is 3.71. The van der Waals surface area contributed by atoms with Gasteiger partial charge in [-0.1, -0.05) is 0 Å². The first kappa shape index (κ1) is 15.3. The monoisotopic (exact) mass is 331 g/mol. The van der Waals surface area contributed by atoms with Gasteiger partial charge in [0.2, 0.25) is 0 Å². The largest absolute Gasteiger partial charge is 0.337 e. The summed E-state index contributed by atoms with van der Waals surface area (Å²) in [4.78, 5) is 18.8. The highest BCUT2D eigenvalue weighted by atomic mass is 19.1. The average molecular weight is 331 g/mol. The molecule has 0 aliphatic carbocycles. The lowest BCUT2D eigenvalue weighted by Gasteiger charge is -2.24. The lowest BCUT2D eigenvalue weighted by atomic mass is 9.91. The molecular formula is C18H19F2N3O. The molecule has 0 saturated carbocycles. The molecule has 1 atom stereocenters. The van der Waals surface area contributed by atoms with Gasteiger partial charge >= 0.3 is 0 Å². The zero-order valence-corrected chi connectivity index (χ0v) is 13.3. The summed E-state index contributed by atoms with van der Waals surface area (Å²) in [6.45, 7) is 2.10. The summed E-state index contributed by atoms with van der Waals surface area (Å²) >= 11 is 0. The van der Waals surface area contributed by atoms with Crippen molar-refractivity contribution in [2.75, 3.05) is 13.1 Å². The molecule has 4 nitrogen and oxygen atoms in total. The van der Waals surface area contributed by atoms with Gasteiger partial charge in [-0.25, -0.2) is 13.8 Å². The van der Waals surface area contributed by atoms with Crippen LogP contribution in [0.1, 0.15) is 47.1 Å². The highest BCUT2D eigenvalue weighted by Crippen LogP contribution is 2.31. The van der Waals surface area contributed by atoms with Gasteiger partial charge in [0, 0.05) is 38.2 Å². The molecule has 24 heavy (non-hydrogen) atoms. The third-order valence-electron chi connectivity index (χ3n) is 5.00. The fourth-order valence-corrected chi connectivity index (χ4v) is 3.71. The first-order valence-electron chi connectivity index (χ1n) is 8.42. The highest BCUT2D eigenvalue weighted by Gasteiger charge is 2.27. The van der Waals surface area contributed by atoms with E-state index in [2.05, 4.69) is 4.98 Å². The summed E-state index contributed by atoms with van der Waals surface area (Å²) in [7, 11) is 0. The number of fused-ring (bicyclic) bond motifs is 1. The van der Waals surface area contributed by atoms with Gasteiger partial charge in [0.15, 0.2) is 0 Å². The smallest absolute Gasteiger partial charge is 0.274 e. The van der Waals surface area contributed by atoms with E-state index in [1.807, 2.05) is 9.47 Å². The molecule has 6 heteroatoms. The van der Waals surface area contributed by atoms with Gasteiger partial charge in [-0.3, -0.25) is 4.79 Å². The highest BCUT2D eigenvalue weighted by molar-refractivity contribution is 5.92. The molecule has 126 valence electrons. The van der Waals surface area contributed by atoms with E-state index >= 15 is 0 Å². The molecule has 1 aromatic heterocycles. The molecule has 0 radical (unpaired) electrons. The van der Waals surface area contributed by atoms with Crippen molar-refractivity contribution in [2.45, 2.75) is 38.1 Å². The zero-order valence-electron chi connectivity index (χ0n) is 13.3. The number of hydrogen-bond donors (Lipinski definition) is 0. The Kier molecular flexibility index (Phi) is 3.82.